The quantitative estimate of drug-likeness (QED) is 0.810. The molecule has 0 aliphatic rings. The number of aromatic nitrogens is 4. The van der Waals surface area contributed by atoms with Crippen LogP contribution in [0.1, 0.15) is 5.82 Å². The van der Waals surface area contributed by atoms with Gasteiger partial charge in [-0.05, 0) is 6.07 Å². The third-order valence-corrected chi connectivity index (χ3v) is 3.95. The Labute approximate surface area is 98.2 Å². The molecule has 2 N–H and O–H groups in total. The normalized spacial score (nSPS) is 11.6. The summed E-state index contributed by atoms with van der Waals surface area (Å²) in [6, 6.07) is 1.38. The molecule has 2 aromatic heterocycles. The highest BCUT2D eigenvalue weighted by atomic mass is 32.2. The first kappa shape index (κ1) is 11.5. The van der Waals surface area contributed by atoms with Gasteiger partial charge in [-0.3, -0.25) is 9.67 Å². The van der Waals surface area contributed by atoms with E-state index in [1.165, 1.54) is 29.5 Å². The number of hydrogen-bond acceptors (Lipinski definition) is 6. The monoisotopic (exact) mass is 253 g/mol. The van der Waals surface area contributed by atoms with Crippen LogP contribution in [0.2, 0.25) is 0 Å². The summed E-state index contributed by atoms with van der Waals surface area (Å²) in [6.07, 6.45) is 4.00. The van der Waals surface area contributed by atoms with Crippen LogP contribution in [-0.4, -0.2) is 28.2 Å². The lowest BCUT2D eigenvalue weighted by atomic mass is 10.4. The number of hydrogen-bond donors (Lipinski definition) is 1. The Morgan fingerprint density at radius 1 is 1.47 bits per heavy atom. The van der Waals surface area contributed by atoms with Crippen molar-refractivity contribution in [3.63, 3.8) is 0 Å². The molecule has 0 fully saturated rings. The lowest BCUT2D eigenvalue weighted by Gasteiger charge is -2.06. The molecule has 0 aliphatic heterocycles. The van der Waals surface area contributed by atoms with Gasteiger partial charge < -0.3 is 5.73 Å². The largest absolute Gasteiger partial charge is 0.396 e. The van der Waals surface area contributed by atoms with Crippen molar-refractivity contribution in [1.29, 1.82) is 0 Å². The third-order valence-electron chi connectivity index (χ3n) is 2.27. The molecule has 0 saturated heterocycles. The van der Waals surface area contributed by atoms with Crippen LogP contribution in [0.15, 0.2) is 29.7 Å². The highest BCUT2D eigenvalue weighted by molar-refractivity contribution is 7.90. The smallest absolute Gasteiger partial charge is 0.187 e. The van der Waals surface area contributed by atoms with Crippen molar-refractivity contribution in [3.8, 4) is 0 Å². The fraction of sp³-hybridized carbons (Fsp3) is 0.222. The SMILES string of the molecule is Cn1ncnc1CS(=O)(=O)c1ccncc1N. The van der Waals surface area contributed by atoms with Crippen LogP contribution < -0.4 is 5.73 Å². The van der Waals surface area contributed by atoms with Crippen molar-refractivity contribution in [1.82, 2.24) is 19.7 Å². The van der Waals surface area contributed by atoms with Gasteiger partial charge in [0.05, 0.1) is 16.8 Å². The molecule has 0 bridgehead atoms. The zero-order valence-corrected chi connectivity index (χ0v) is 9.92. The number of nitrogens with zero attached hydrogens (tertiary/aromatic N) is 4. The standard InChI is InChI=1S/C9H11N5O2S/c1-14-9(12-6-13-14)5-17(15,16)8-2-3-11-4-7(8)10/h2-4,6H,5,10H2,1H3. The highest BCUT2D eigenvalue weighted by Gasteiger charge is 2.20. The molecule has 0 amide bonds. The van der Waals surface area contributed by atoms with Gasteiger partial charge in [-0.25, -0.2) is 13.4 Å². The zero-order chi connectivity index (χ0) is 12.5. The molecule has 0 saturated carbocycles. The summed E-state index contributed by atoms with van der Waals surface area (Å²) < 4.78 is 25.6. The Balaban J connectivity index is 2.39. The molecular weight excluding hydrogens is 242 g/mol. The van der Waals surface area contributed by atoms with Crippen LogP contribution in [-0.2, 0) is 22.6 Å². The maximum Gasteiger partial charge on any atom is 0.187 e. The molecule has 0 radical (unpaired) electrons. The number of pyridine rings is 1. The van der Waals surface area contributed by atoms with Crippen molar-refractivity contribution < 1.29 is 8.42 Å². The van der Waals surface area contributed by atoms with E-state index in [1.807, 2.05) is 0 Å². The Kier molecular flexibility index (Phi) is 2.80. The van der Waals surface area contributed by atoms with Crippen molar-refractivity contribution in [2.24, 2.45) is 7.05 Å². The predicted molar refractivity (Wildman–Crippen MR) is 60.5 cm³/mol. The molecule has 0 unspecified atom stereocenters. The lowest BCUT2D eigenvalue weighted by Crippen LogP contribution is -2.11. The third kappa shape index (κ3) is 2.26. The summed E-state index contributed by atoms with van der Waals surface area (Å²) in [5, 5.41) is 3.81. The van der Waals surface area contributed by atoms with E-state index < -0.39 is 9.84 Å². The van der Waals surface area contributed by atoms with Crippen molar-refractivity contribution in [2.45, 2.75) is 10.6 Å². The van der Waals surface area contributed by atoms with E-state index in [9.17, 15) is 8.42 Å². The summed E-state index contributed by atoms with van der Waals surface area (Å²) in [6.45, 7) is 0. The number of nitrogen functional groups attached to an aromatic ring is 1. The zero-order valence-electron chi connectivity index (χ0n) is 9.11. The number of aryl methyl sites for hydroxylation is 1. The van der Waals surface area contributed by atoms with Crippen molar-refractivity contribution in [2.75, 3.05) is 5.73 Å². The van der Waals surface area contributed by atoms with Gasteiger partial charge in [-0.1, -0.05) is 0 Å². The molecule has 17 heavy (non-hydrogen) atoms. The number of anilines is 1. The molecule has 2 aromatic rings. The number of sulfone groups is 1. The summed E-state index contributed by atoms with van der Waals surface area (Å²) in [5.74, 6) is 0.124. The summed E-state index contributed by atoms with van der Waals surface area (Å²) in [7, 11) is -1.89. The first-order valence-electron chi connectivity index (χ1n) is 4.76. The maximum atomic E-state index is 12.1. The minimum Gasteiger partial charge on any atom is -0.396 e. The van der Waals surface area contributed by atoms with Gasteiger partial charge in [0, 0.05) is 13.2 Å². The van der Waals surface area contributed by atoms with Crippen LogP contribution in [0.5, 0.6) is 0 Å². The molecule has 0 atom stereocenters. The van der Waals surface area contributed by atoms with E-state index in [-0.39, 0.29) is 16.3 Å². The fourth-order valence-corrected chi connectivity index (χ4v) is 2.81. The fourth-order valence-electron chi connectivity index (χ4n) is 1.38. The summed E-state index contributed by atoms with van der Waals surface area (Å²) >= 11 is 0. The van der Waals surface area contributed by atoms with Crippen LogP contribution >= 0.6 is 0 Å². The van der Waals surface area contributed by atoms with E-state index in [0.29, 0.717) is 5.82 Å². The Hall–Kier alpha value is -1.96. The molecule has 2 rings (SSSR count). The van der Waals surface area contributed by atoms with Crippen molar-refractivity contribution in [3.05, 3.63) is 30.6 Å². The molecule has 0 aliphatic carbocycles. The van der Waals surface area contributed by atoms with Crippen LogP contribution in [0.25, 0.3) is 0 Å². The minimum absolute atomic E-state index is 0.0653. The van der Waals surface area contributed by atoms with Gasteiger partial charge in [-0.2, -0.15) is 5.10 Å². The molecule has 90 valence electrons. The van der Waals surface area contributed by atoms with Crippen LogP contribution in [0, 0.1) is 0 Å². The van der Waals surface area contributed by atoms with E-state index in [4.69, 9.17) is 5.73 Å². The van der Waals surface area contributed by atoms with Crippen LogP contribution in [0.4, 0.5) is 5.69 Å². The Bertz CT molecular complexity index is 634. The first-order chi connectivity index (χ1) is 8.00. The minimum atomic E-state index is -3.52. The van der Waals surface area contributed by atoms with Gasteiger partial charge >= 0.3 is 0 Å². The van der Waals surface area contributed by atoms with Gasteiger partial charge in [-0.15, -0.1) is 0 Å². The van der Waals surface area contributed by atoms with E-state index >= 15 is 0 Å². The van der Waals surface area contributed by atoms with Gasteiger partial charge in [0.2, 0.25) is 0 Å². The molecule has 8 heteroatoms. The van der Waals surface area contributed by atoms with Gasteiger partial charge in [0.15, 0.2) is 9.84 Å². The van der Waals surface area contributed by atoms with E-state index in [1.54, 1.807) is 7.05 Å². The second-order valence-electron chi connectivity index (χ2n) is 3.47. The molecule has 0 aromatic carbocycles. The second-order valence-corrected chi connectivity index (χ2v) is 5.43. The number of nitrogens with two attached hydrogens (primary N) is 1. The highest BCUT2D eigenvalue weighted by Crippen LogP contribution is 2.20. The predicted octanol–water partition coefficient (Wildman–Crippen LogP) is -0.234. The number of rotatable bonds is 3. The summed E-state index contributed by atoms with van der Waals surface area (Å²) in [5.41, 5.74) is 5.72. The van der Waals surface area contributed by atoms with Gasteiger partial charge in [0.1, 0.15) is 17.9 Å². The Morgan fingerprint density at radius 2 is 2.24 bits per heavy atom. The molecular formula is C9H11N5O2S. The molecule has 7 nitrogen and oxygen atoms in total. The maximum absolute atomic E-state index is 12.1. The first-order valence-corrected chi connectivity index (χ1v) is 6.41. The van der Waals surface area contributed by atoms with E-state index in [2.05, 4.69) is 15.1 Å². The molecule has 2 heterocycles. The average Bonchev–Trinajstić information content (AvgIpc) is 2.64. The van der Waals surface area contributed by atoms with Crippen LogP contribution in [0.3, 0.4) is 0 Å². The van der Waals surface area contributed by atoms with Crippen molar-refractivity contribution >= 4 is 15.5 Å². The molecule has 0 spiro atoms. The van der Waals surface area contributed by atoms with Gasteiger partial charge in [0.25, 0.3) is 0 Å². The van der Waals surface area contributed by atoms with E-state index in [0.717, 1.165) is 0 Å². The topological polar surface area (TPSA) is 104 Å². The average molecular weight is 253 g/mol. The summed E-state index contributed by atoms with van der Waals surface area (Å²) in [4.78, 5) is 7.69. The Morgan fingerprint density at radius 3 is 2.82 bits per heavy atom. The lowest BCUT2D eigenvalue weighted by molar-refractivity contribution is 0.591. The second kappa shape index (κ2) is 4.13.